The highest BCUT2D eigenvalue weighted by Crippen LogP contribution is 2.23. The Bertz CT molecular complexity index is 329. The van der Waals surface area contributed by atoms with E-state index in [-0.39, 0.29) is 19.0 Å². The highest BCUT2D eigenvalue weighted by atomic mass is 19.3. The molecule has 0 radical (unpaired) electrons. The predicted octanol–water partition coefficient (Wildman–Crippen LogP) is 8.88. The van der Waals surface area contributed by atoms with Gasteiger partial charge in [0.15, 0.2) is 0 Å². The van der Waals surface area contributed by atoms with E-state index in [0.717, 1.165) is 51.0 Å². The SMILES string of the molecule is CC.CC.CCCCCCCCC(=O)OC/C=C\C(F)(F)CCCCCCC. The van der Waals surface area contributed by atoms with Crippen LogP contribution >= 0.6 is 0 Å². The highest BCUT2D eigenvalue weighted by Gasteiger charge is 2.23. The average molecular weight is 407 g/mol. The largest absolute Gasteiger partial charge is 0.461 e. The molecule has 2 nitrogen and oxygen atoms in total. The fraction of sp³-hybridized carbons (Fsp3) is 0.875. The van der Waals surface area contributed by atoms with Crippen LogP contribution in [0.4, 0.5) is 8.78 Å². The van der Waals surface area contributed by atoms with Crippen molar-refractivity contribution in [3.63, 3.8) is 0 Å². The van der Waals surface area contributed by atoms with Crippen molar-refractivity contribution in [2.24, 2.45) is 0 Å². The first-order valence-corrected chi connectivity index (χ1v) is 11.7. The van der Waals surface area contributed by atoms with Gasteiger partial charge in [-0.25, -0.2) is 8.78 Å². The van der Waals surface area contributed by atoms with Gasteiger partial charge >= 0.3 is 5.97 Å². The fourth-order valence-electron chi connectivity index (χ4n) is 2.53. The lowest BCUT2D eigenvalue weighted by Crippen LogP contribution is -2.12. The number of unbranched alkanes of at least 4 members (excludes halogenated alkanes) is 9. The number of carbonyl (C=O) groups is 1. The first kappa shape index (κ1) is 31.8. The number of ether oxygens (including phenoxy) is 1. The molecule has 0 aliphatic rings. The van der Waals surface area contributed by atoms with Crippen molar-refractivity contribution in [1.29, 1.82) is 0 Å². The van der Waals surface area contributed by atoms with Crippen LogP contribution in [0.5, 0.6) is 0 Å². The van der Waals surface area contributed by atoms with Crippen LogP contribution in [0.3, 0.4) is 0 Å². The number of carbonyl (C=O) groups excluding carboxylic acids is 1. The van der Waals surface area contributed by atoms with Gasteiger partial charge in [-0.15, -0.1) is 0 Å². The monoisotopic (exact) mass is 406 g/mol. The summed E-state index contributed by atoms with van der Waals surface area (Å²) >= 11 is 0. The third-order valence-electron chi connectivity index (χ3n) is 4.05. The molecule has 170 valence electrons. The number of hydrogen-bond acceptors (Lipinski definition) is 2. The Kier molecular flexibility index (Phi) is 29.6. The number of halogens is 2. The average Bonchev–Trinajstić information content (AvgIpc) is 2.71. The summed E-state index contributed by atoms with van der Waals surface area (Å²) in [4.78, 5) is 11.5. The van der Waals surface area contributed by atoms with Gasteiger partial charge in [-0.1, -0.05) is 99.3 Å². The minimum Gasteiger partial charge on any atom is -0.461 e. The predicted molar refractivity (Wildman–Crippen MR) is 119 cm³/mol. The number of alkyl halides is 2. The van der Waals surface area contributed by atoms with Gasteiger partial charge in [-0.05, 0) is 25.0 Å². The van der Waals surface area contributed by atoms with E-state index in [4.69, 9.17) is 4.74 Å². The number of esters is 1. The quantitative estimate of drug-likeness (QED) is 0.145. The first-order chi connectivity index (χ1) is 13.5. The normalized spacial score (nSPS) is 10.7. The molecule has 0 aromatic heterocycles. The number of rotatable bonds is 16. The molecular formula is C24H48F2O2. The summed E-state index contributed by atoms with van der Waals surface area (Å²) < 4.78 is 32.1. The molecule has 0 atom stereocenters. The molecule has 0 N–H and O–H groups in total. The Morgan fingerprint density at radius 3 is 1.79 bits per heavy atom. The van der Waals surface area contributed by atoms with Gasteiger partial charge < -0.3 is 4.74 Å². The Labute approximate surface area is 174 Å². The Balaban J connectivity index is -0.00000146. The van der Waals surface area contributed by atoms with Crippen LogP contribution in [0.15, 0.2) is 12.2 Å². The van der Waals surface area contributed by atoms with Crippen molar-refractivity contribution in [2.45, 2.75) is 131 Å². The molecule has 0 spiro atoms. The second kappa shape index (κ2) is 26.1. The molecule has 0 aliphatic carbocycles. The number of hydrogen-bond donors (Lipinski definition) is 0. The molecule has 28 heavy (non-hydrogen) atoms. The topological polar surface area (TPSA) is 26.3 Å². The second-order valence-corrected chi connectivity index (χ2v) is 6.53. The van der Waals surface area contributed by atoms with Gasteiger partial charge in [0.05, 0.1) is 0 Å². The Morgan fingerprint density at radius 2 is 1.25 bits per heavy atom. The van der Waals surface area contributed by atoms with Crippen LogP contribution in [0.25, 0.3) is 0 Å². The molecule has 0 aliphatic heterocycles. The van der Waals surface area contributed by atoms with Crippen LogP contribution < -0.4 is 0 Å². The fourth-order valence-corrected chi connectivity index (χ4v) is 2.53. The summed E-state index contributed by atoms with van der Waals surface area (Å²) in [6, 6.07) is 0. The Morgan fingerprint density at radius 1 is 0.786 bits per heavy atom. The van der Waals surface area contributed by atoms with Crippen molar-refractivity contribution in [2.75, 3.05) is 6.61 Å². The van der Waals surface area contributed by atoms with E-state index in [1.165, 1.54) is 25.3 Å². The summed E-state index contributed by atoms with van der Waals surface area (Å²) in [5.41, 5.74) is 0. The Hall–Kier alpha value is -0.930. The second-order valence-electron chi connectivity index (χ2n) is 6.53. The lowest BCUT2D eigenvalue weighted by molar-refractivity contribution is -0.142. The molecule has 0 rings (SSSR count). The highest BCUT2D eigenvalue weighted by molar-refractivity contribution is 5.69. The van der Waals surface area contributed by atoms with Gasteiger partial charge in [-0.3, -0.25) is 4.79 Å². The molecule has 4 heteroatoms. The minimum atomic E-state index is -2.79. The van der Waals surface area contributed by atoms with E-state index < -0.39 is 5.92 Å². The van der Waals surface area contributed by atoms with E-state index >= 15 is 0 Å². The van der Waals surface area contributed by atoms with Crippen LogP contribution in [0.1, 0.15) is 125 Å². The number of allylic oxidation sites excluding steroid dienone is 1. The van der Waals surface area contributed by atoms with Crippen LogP contribution in [-0.2, 0) is 9.53 Å². The molecule has 0 aromatic rings. The van der Waals surface area contributed by atoms with Crippen LogP contribution in [0, 0.1) is 0 Å². The zero-order valence-corrected chi connectivity index (χ0v) is 19.6. The molecule has 0 unspecified atom stereocenters. The molecule has 0 aromatic carbocycles. The molecular weight excluding hydrogens is 358 g/mol. The molecule has 0 saturated carbocycles. The summed E-state index contributed by atoms with van der Waals surface area (Å²) in [5, 5.41) is 0. The van der Waals surface area contributed by atoms with Crippen LogP contribution in [0.2, 0.25) is 0 Å². The molecule has 0 heterocycles. The lowest BCUT2D eigenvalue weighted by atomic mass is 10.1. The zero-order chi connectivity index (χ0) is 22.1. The molecule has 0 amide bonds. The van der Waals surface area contributed by atoms with Crippen molar-refractivity contribution < 1.29 is 18.3 Å². The van der Waals surface area contributed by atoms with E-state index in [2.05, 4.69) is 13.8 Å². The van der Waals surface area contributed by atoms with E-state index in [0.29, 0.717) is 12.8 Å². The standard InChI is InChI=1S/C20H36F2O2.2C2H6/c1-3-5-7-9-10-12-15-19(23)24-18-14-17-20(21,22)16-13-11-8-6-4-2;2*1-2/h14,17H,3-13,15-16,18H2,1-2H3;2*1-2H3/b17-14-;;. The van der Waals surface area contributed by atoms with Crippen molar-refractivity contribution in [1.82, 2.24) is 0 Å². The third kappa shape index (κ3) is 27.3. The van der Waals surface area contributed by atoms with Crippen molar-refractivity contribution >= 4 is 5.97 Å². The van der Waals surface area contributed by atoms with E-state index in [1.54, 1.807) is 0 Å². The lowest BCUT2D eigenvalue weighted by Gasteiger charge is -2.11. The first-order valence-electron chi connectivity index (χ1n) is 11.7. The third-order valence-corrected chi connectivity index (χ3v) is 4.05. The summed E-state index contributed by atoms with van der Waals surface area (Å²) in [6.07, 6.45) is 13.7. The minimum absolute atomic E-state index is 0.0555. The van der Waals surface area contributed by atoms with E-state index in [1.807, 2.05) is 27.7 Å². The van der Waals surface area contributed by atoms with Gasteiger partial charge in [0.1, 0.15) is 6.61 Å². The summed E-state index contributed by atoms with van der Waals surface area (Å²) in [7, 11) is 0. The van der Waals surface area contributed by atoms with Crippen molar-refractivity contribution in [3.05, 3.63) is 12.2 Å². The van der Waals surface area contributed by atoms with Gasteiger partial charge in [0.2, 0.25) is 0 Å². The molecule has 0 fully saturated rings. The van der Waals surface area contributed by atoms with Gasteiger partial charge in [0, 0.05) is 12.8 Å². The van der Waals surface area contributed by atoms with Gasteiger partial charge in [-0.2, -0.15) is 0 Å². The van der Waals surface area contributed by atoms with Crippen molar-refractivity contribution in [3.8, 4) is 0 Å². The van der Waals surface area contributed by atoms with Crippen LogP contribution in [-0.4, -0.2) is 18.5 Å². The smallest absolute Gasteiger partial charge is 0.306 e. The molecule has 0 bridgehead atoms. The van der Waals surface area contributed by atoms with E-state index in [9.17, 15) is 13.6 Å². The van der Waals surface area contributed by atoms with Gasteiger partial charge in [0.25, 0.3) is 5.92 Å². The zero-order valence-electron chi connectivity index (χ0n) is 19.6. The maximum absolute atomic E-state index is 13.6. The summed E-state index contributed by atoms with van der Waals surface area (Å²) in [5.74, 6) is -3.09. The molecule has 0 saturated heterocycles. The maximum Gasteiger partial charge on any atom is 0.306 e. The maximum atomic E-state index is 13.6. The summed E-state index contributed by atoms with van der Waals surface area (Å²) in [6.45, 7) is 12.2.